The van der Waals surface area contributed by atoms with Gasteiger partial charge in [0.05, 0.1) is 6.07 Å². The third-order valence-electron chi connectivity index (χ3n) is 1.86. The molecular formula is C10H11N3O. The maximum Gasteiger partial charge on any atom is 0.254 e. The first-order chi connectivity index (χ1) is 6.79. The van der Waals surface area contributed by atoms with E-state index in [0.717, 1.165) is 0 Å². The molecule has 4 nitrogen and oxygen atoms in total. The van der Waals surface area contributed by atoms with E-state index in [9.17, 15) is 4.79 Å². The van der Waals surface area contributed by atoms with Gasteiger partial charge in [-0.2, -0.15) is 5.26 Å². The average Bonchev–Trinajstić information content (AvgIpc) is 2.26. The fourth-order valence-corrected chi connectivity index (χ4v) is 1.09. The molecule has 0 unspecified atom stereocenters. The molecule has 1 aromatic rings. The van der Waals surface area contributed by atoms with E-state index in [1.165, 1.54) is 4.90 Å². The minimum atomic E-state index is -0.128. The van der Waals surface area contributed by atoms with Crippen LogP contribution < -0.4 is 0 Å². The quantitative estimate of drug-likeness (QED) is 0.668. The molecule has 0 N–H and O–H groups in total. The summed E-state index contributed by atoms with van der Waals surface area (Å²) >= 11 is 0. The largest absolute Gasteiger partial charge is 0.326 e. The normalized spacial score (nSPS) is 9.14. The highest BCUT2D eigenvalue weighted by atomic mass is 16.2. The summed E-state index contributed by atoms with van der Waals surface area (Å²) in [6.45, 7) is 2.50. The van der Waals surface area contributed by atoms with Crippen molar-refractivity contribution in [2.75, 3.05) is 13.1 Å². The Morgan fingerprint density at radius 3 is 2.71 bits per heavy atom. The van der Waals surface area contributed by atoms with Crippen LogP contribution in [0.1, 0.15) is 17.3 Å². The van der Waals surface area contributed by atoms with E-state index in [1.54, 1.807) is 24.5 Å². The van der Waals surface area contributed by atoms with E-state index >= 15 is 0 Å². The molecule has 0 aliphatic rings. The molecule has 0 aromatic carbocycles. The van der Waals surface area contributed by atoms with Gasteiger partial charge in [-0.1, -0.05) is 0 Å². The van der Waals surface area contributed by atoms with Crippen molar-refractivity contribution >= 4 is 5.91 Å². The molecule has 1 rings (SSSR count). The Morgan fingerprint density at radius 2 is 2.21 bits per heavy atom. The van der Waals surface area contributed by atoms with Crippen LogP contribution in [0.2, 0.25) is 0 Å². The minimum absolute atomic E-state index is 0.123. The molecular weight excluding hydrogens is 178 g/mol. The lowest BCUT2D eigenvalue weighted by molar-refractivity contribution is 0.0784. The standard InChI is InChI=1S/C10H11N3O/c1-2-13(8-5-11)10(14)9-3-6-12-7-4-9/h3-4,6-7H,2,8H2,1H3. The lowest BCUT2D eigenvalue weighted by Gasteiger charge is -2.16. The molecule has 1 heterocycles. The molecule has 0 bridgehead atoms. The summed E-state index contributed by atoms with van der Waals surface area (Å²) < 4.78 is 0. The van der Waals surface area contributed by atoms with Crippen LogP contribution in [-0.4, -0.2) is 28.9 Å². The summed E-state index contributed by atoms with van der Waals surface area (Å²) in [4.78, 5) is 17.0. The Balaban J connectivity index is 2.79. The van der Waals surface area contributed by atoms with Gasteiger partial charge in [-0.25, -0.2) is 0 Å². The second-order valence-corrected chi connectivity index (χ2v) is 2.71. The topological polar surface area (TPSA) is 57.0 Å². The summed E-state index contributed by atoms with van der Waals surface area (Å²) in [7, 11) is 0. The average molecular weight is 189 g/mol. The third-order valence-corrected chi connectivity index (χ3v) is 1.86. The number of pyridine rings is 1. The van der Waals surface area contributed by atoms with E-state index in [0.29, 0.717) is 12.1 Å². The lowest BCUT2D eigenvalue weighted by Crippen LogP contribution is -2.31. The predicted octanol–water partition coefficient (Wildman–Crippen LogP) is 1.07. The molecule has 0 fully saturated rings. The molecule has 0 saturated heterocycles. The van der Waals surface area contributed by atoms with Crippen molar-refractivity contribution in [2.24, 2.45) is 0 Å². The molecule has 0 aliphatic heterocycles. The Morgan fingerprint density at radius 1 is 1.57 bits per heavy atom. The van der Waals surface area contributed by atoms with Gasteiger partial charge < -0.3 is 4.90 Å². The first-order valence-corrected chi connectivity index (χ1v) is 4.35. The van der Waals surface area contributed by atoms with Crippen LogP contribution in [-0.2, 0) is 0 Å². The molecule has 0 saturated carbocycles. The van der Waals surface area contributed by atoms with Crippen LogP contribution in [0, 0.1) is 11.3 Å². The summed E-state index contributed by atoms with van der Waals surface area (Å²) in [5.41, 5.74) is 0.567. The Hall–Kier alpha value is -1.89. The smallest absolute Gasteiger partial charge is 0.254 e. The van der Waals surface area contributed by atoms with Crippen LogP contribution in [0.15, 0.2) is 24.5 Å². The Bertz CT molecular complexity index is 342. The predicted molar refractivity (Wildman–Crippen MR) is 51.4 cm³/mol. The van der Waals surface area contributed by atoms with E-state index in [4.69, 9.17) is 5.26 Å². The van der Waals surface area contributed by atoms with Gasteiger partial charge >= 0.3 is 0 Å². The second kappa shape index (κ2) is 4.97. The van der Waals surface area contributed by atoms with Crippen LogP contribution >= 0.6 is 0 Å². The van der Waals surface area contributed by atoms with Gasteiger partial charge in [0.15, 0.2) is 0 Å². The zero-order valence-corrected chi connectivity index (χ0v) is 7.97. The summed E-state index contributed by atoms with van der Waals surface area (Å²) in [6, 6.07) is 5.24. The van der Waals surface area contributed by atoms with Crippen molar-refractivity contribution in [2.45, 2.75) is 6.92 Å². The highest BCUT2D eigenvalue weighted by Crippen LogP contribution is 2.02. The van der Waals surface area contributed by atoms with Gasteiger partial charge in [-0.3, -0.25) is 9.78 Å². The molecule has 14 heavy (non-hydrogen) atoms. The van der Waals surface area contributed by atoms with Crippen LogP contribution in [0.3, 0.4) is 0 Å². The highest BCUT2D eigenvalue weighted by Gasteiger charge is 2.12. The van der Waals surface area contributed by atoms with E-state index < -0.39 is 0 Å². The van der Waals surface area contributed by atoms with Crippen molar-refractivity contribution in [3.63, 3.8) is 0 Å². The molecule has 0 spiro atoms. The summed E-state index contributed by atoms with van der Waals surface area (Å²) in [6.07, 6.45) is 3.13. The van der Waals surface area contributed by atoms with E-state index in [2.05, 4.69) is 4.98 Å². The number of hydrogen-bond donors (Lipinski definition) is 0. The van der Waals surface area contributed by atoms with Gasteiger partial charge in [-0.15, -0.1) is 0 Å². The van der Waals surface area contributed by atoms with Crippen molar-refractivity contribution in [1.29, 1.82) is 5.26 Å². The van der Waals surface area contributed by atoms with Crippen molar-refractivity contribution in [1.82, 2.24) is 9.88 Å². The first kappa shape index (κ1) is 10.2. The fraction of sp³-hybridized carbons (Fsp3) is 0.300. The van der Waals surface area contributed by atoms with Crippen molar-refractivity contribution in [3.05, 3.63) is 30.1 Å². The Labute approximate surface area is 82.8 Å². The maximum absolute atomic E-state index is 11.7. The highest BCUT2D eigenvalue weighted by molar-refractivity contribution is 5.94. The number of nitriles is 1. The summed E-state index contributed by atoms with van der Waals surface area (Å²) in [5.74, 6) is -0.128. The molecule has 1 amide bonds. The molecule has 1 aromatic heterocycles. The zero-order valence-electron chi connectivity index (χ0n) is 7.97. The van der Waals surface area contributed by atoms with Gasteiger partial charge in [-0.05, 0) is 19.1 Å². The van der Waals surface area contributed by atoms with Crippen molar-refractivity contribution < 1.29 is 4.79 Å². The van der Waals surface area contributed by atoms with Gasteiger partial charge in [0, 0.05) is 24.5 Å². The number of carbonyl (C=O) groups excluding carboxylic acids is 1. The lowest BCUT2D eigenvalue weighted by atomic mass is 10.2. The minimum Gasteiger partial charge on any atom is -0.326 e. The third kappa shape index (κ3) is 2.30. The van der Waals surface area contributed by atoms with Crippen LogP contribution in [0.5, 0.6) is 0 Å². The number of amides is 1. The molecule has 0 radical (unpaired) electrons. The Kier molecular flexibility index (Phi) is 3.62. The SMILES string of the molecule is CCN(CC#N)C(=O)c1ccncc1. The number of nitrogens with zero attached hydrogens (tertiary/aromatic N) is 3. The molecule has 0 aliphatic carbocycles. The van der Waals surface area contributed by atoms with Gasteiger partial charge in [0.1, 0.15) is 6.54 Å². The number of rotatable bonds is 3. The van der Waals surface area contributed by atoms with Gasteiger partial charge in [0.25, 0.3) is 5.91 Å². The van der Waals surface area contributed by atoms with E-state index in [1.807, 2.05) is 13.0 Å². The maximum atomic E-state index is 11.7. The van der Waals surface area contributed by atoms with Crippen LogP contribution in [0.4, 0.5) is 0 Å². The fourth-order valence-electron chi connectivity index (χ4n) is 1.09. The summed E-state index contributed by atoms with van der Waals surface area (Å²) in [5, 5.41) is 8.51. The zero-order chi connectivity index (χ0) is 10.4. The molecule has 0 atom stereocenters. The molecule has 72 valence electrons. The first-order valence-electron chi connectivity index (χ1n) is 4.35. The number of carbonyl (C=O) groups is 1. The molecule has 4 heteroatoms. The number of hydrogen-bond acceptors (Lipinski definition) is 3. The number of aromatic nitrogens is 1. The van der Waals surface area contributed by atoms with Gasteiger partial charge in [0.2, 0.25) is 0 Å². The van der Waals surface area contributed by atoms with Crippen LogP contribution in [0.25, 0.3) is 0 Å². The van der Waals surface area contributed by atoms with Crippen molar-refractivity contribution in [3.8, 4) is 6.07 Å². The second-order valence-electron chi connectivity index (χ2n) is 2.71. The monoisotopic (exact) mass is 189 g/mol. The van der Waals surface area contributed by atoms with E-state index in [-0.39, 0.29) is 12.5 Å².